The van der Waals surface area contributed by atoms with Crippen LogP contribution in [0.4, 0.5) is 0 Å². The number of hydrogen-bond acceptors (Lipinski definition) is 0. The molecule has 2 aromatic rings. The zero-order chi connectivity index (χ0) is 16.3. The summed E-state index contributed by atoms with van der Waals surface area (Å²) in [7, 11) is 0. The molecule has 0 atom stereocenters. The van der Waals surface area contributed by atoms with Crippen molar-refractivity contribution in [1.29, 1.82) is 0 Å². The van der Waals surface area contributed by atoms with Crippen LogP contribution in [-0.4, -0.2) is 0 Å². The van der Waals surface area contributed by atoms with Gasteiger partial charge in [-0.25, -0.2) is 24.3 Å². The van der Waals surface area contributed by atoms with Crippen molar-refractivity contribution in [2.24, 2.45) is 0 Å². The first-order chi connectivity index (χ1) is 10.8. The summed E-state index contributed by atoms with van der Waals surface area (Å²) in [5.74, 6) is 1.59. The Hall–Kier alpha value is -0.417. The Morgan fingerprint density at radius 1 is 0.652 bits per heavy atom. The summed E-state index contributed by atoms with van der Waals surface area (Å²) in [6.45, 7) is 6.74. The average Bonchev–Trinajstić information content (AvgIpc) is 3.23. The summed E-state index contributed by atoms with van der Waals surface area (Å²) in [6, 6.07) is 20.0. The van der Waals surface area contributed by atoms with Crippen molar-refractivity contribution in [3.8, 4) is 0 Å². The molecule has 0 saturated carbocycles. The molecule has 0 unspecified atom stereocenters. The first kappa shape index (κ1) is 24.8. The minimum absolute atomic E-state index is 0. The standard InChI is InChI=1S/C12H25.2C5H5.Zr/c1-4-5-6-7-8-9-10-11-12(2)3;2*1-2-4-5-3-1;/h4-11H2,1-3H3;2*1-5H;/q3*-1;+3. The van der Waals surface area contributed by atoms with Crippen molar-refractivity contribution in [1.82, 2.24) is 0 Å². The largest absolute Gasteiger partial charge is 3.00 e. The van der Waals surface area contributed by atoms with Crippen LogP contribution in [0.5, 0.6) is 0 Å². The van der Waals surface area contributed by atoms with Crippen molar-refractivity contribution in [2.75, 3.05) is 0 Å². The predicted molar refractivity (Wildman–Crippen MR) is 101 cm³/mol. The first-order valence-corrected chi connectivity index (χ1v) is 8.89. The Kier molecular flexibility index (Phi) is 23.3. The van der Waals surface area contributed by atoms with E-state index in [1.165, 1.54) is 51.4 Å². The number of unbranched alkanes of at least 4 members (excludes halogenated alkanes) is 6. The summed E-state index contributed by atoms with van der Waals surface area (Å²) in [5.41, 5.74) is 0. The molecule has 0 fully saturated rings. The molecule has 2 aromatic carbocycles. The SMILES string of the molecule is CCCCCCCCC[C-](C)C.[Zr+3].c1cc[cH-]c1.c1cc[cH-]c1. The molecule has 0 aliphatic rings. The van der Waals surface area contributed by atoms with Gasteiger partial charge in [-0.2, -0.15) is 56.7 Å². The molecule has 0 aliphatic carbocycles. The predicted octanol–water partition coefficient (Wildman–Crippen LogP) is 7.55. The minimum atomic E-state index is 0. The van der Waals surface area contributed by atoms with Crippen LogP contribution in [0.2, 0.25) is 0 Å². The molecule has 0 amide bonds. The summed E-state index contributed by atoms with van der Waals surface area (Å²) < 4.78 is 0. The quantitative estimate of drug-likeness (QED) is 0.322. The molecule has 0 spiro atoms. The van der Waals surface area contributed by atoms with Crippen LogP contribution in [-0.2, 0) is 26.2 Å². The van der Waals surface area contributed by atoms with Gasteiger partial charge < -0.3 is 5.92 Å². The Morgan fingerprint density at radius 3 is 1.35 bits per heavy atom. The first-order valence-electron chi connectivity index (χ1n) is 8.89. The maximum atomic E-state index is 2.27. The van der Waals surface area contributed by atoms with E-state index in [1.54, 1.807) is 5.92 Å². The van der Waals surface area contributed by atoms with Gasteiger partial charge in [-0.1, -0.05) is 51.9 Å². The van der Waals surface area contributed by atoms with E-state index in [0.717, 1.165) is 0 Å². The van der Waals surface area contributed by atoms with Crippen LogP contribution < -0.4 is 0 Å². The van der Waals surface area contributed by atoms with E-state index in [9.17, 15) is 0 Å². The number of rotatable bonds is 8. The molecule has 127 valence electrons. The van der Waals surface area contributed by atoms with E-state index in [2.05, 4.69) is 20.8 Å². The minimum Gasteiger partial charge on any atom is -0.320 e. The third-order valence-electron chi connectivity index (χ3n) is 3.39. The molecule has 0 heterocycles. The van der Waals surface area contributed by atoms with Crippen LogP contribution in [0.15, 0.2) is 60.7 Å². The van der Waals surface area contributed by atoms with Crippen molar-refractivity contribution in [3.05, 3.63) is 66.6 Å². The maximum absolute atomic E-state index is 2.27. The van der Waals surface area contributed by atoms with Crippen molar-refractivity contribution >= 4 is 0 Å². The molecular weight excluding hydrogens is 355 g/mol. The fraction of sp³-hybridized carbons (Fsp3) is 0.500. The molecule has 0 bridgehead atoms. The van der Waals surface area contributed by atoms with E-state index >= 15 is 0 Å². The zero-order valence-electron chi connectivity index (χ0n) is 15.4. The molecule has 0 saturated heterocycles. The van der Waals surface area contributed by atoms with Crippen molar-refractivity contribution < 1.29 is 26.2 Å². The van der Waals surface area contributed by atoms with Gasteiger partial charge in [-0.15, -0.1) is 0 Å². The molecule has 2 rings (SSSR count). The second-order valence-electron chi connectivity index (χ2n) is 6.00. The fourth-order valence-electron chi connectivity index (χ4n) is 2.08. The van der Waals surface area contributed by atoms with Gasteiger partial charge in [0.25, 0.3) is 0 Å². The van der Waals surface area contributed by atoms with Crippen molar-refractivity contribution in [3.63, 3.8) is 0 Å². The summed E-state index contributed by atoms with van der Waals surface area (Å²) >= 11 is 0. The van der Waals surface area contributed by atoms with Crippen LogP contribution in [0.25, 0.3) is 0 Å². The van der Waals surface area contributed by atoms with Gasteiger partial charge in [-0.05, 0) is 0 Å². The van der Waals surface area contributed by atoms with Gasteiger partial charge in [0.15, 0.2) is 0 Å². The summed E-state index contributed by atoms with van der Waals surface area (Å²) in [6.07, 6.45) is 11.3. The van der Waals surface area contributed by atoms with Crippen LogP contribution in [0, 0.1) is 5.92 Å². The molecule has 0 aliphatic heterocycles. The third-order valence-corrected chi connectivity index (χ3v) is 3.39. The van der Waals surface area contributed by atoms with Gasteiger partial charge in [0.2, 0.25) is 0 Å². The van der Waals surface area contributed by atoms with Crippen LogP contribution >= 0.6 is 0 Å². The van der Waals surface area contributed by atoms with Crippen LogP contribution in [0.1, 0.15) is 72.1 Å². The summed E-state index contributed by atoms with van der Waals surface area (Å²) in [4.78, 5) is 0. The van der Waals surface area contributed by atoms with E-state index in [-0.39, 0.29) is 26.2 Å². The van der Waals surface area contributed by atoms with E-state index < -0.39 is 0 Å². The Balaban J connectivity index is 0. The van der Waals surface area contributed by atoms with E-state index in [1.807, 2.05) is 60.7 Å². The molecule has 23 heavy (non-hydrogen) atoms. The molecule has 1 heteroatoms. The Bertz CT molecular complexity index is 285. The van der Waals surface area contributed by atoms with Gasteiger partial charge in [0, 0.05) is 0 Å². The third kappa shape index (κ3) is 24.0. The van der Waals surface area contributed by atoms with Crippen LogP contribution in [0.3, 0.4) is 0 Å². The molecular formula is C22H35Zr. The van der Waals surface area contributed by atoms with E-state index in [0.29, 0.717) is 0 Å². The van der Waals surface area contributed by atoms with Gasteiger partial charge in [0.1, 0.15) is 0 Å². The topological polar surface area (TPSA) is 0 Å². The maximum Gasteiger partial charge on any atom is 3.00 e. The Morgan fingerprint density at radius 2 is 1.04 bits per heavy atom. The smallest absolute Gasteiger partial charge is 0.320 e. The average molecular weight is 391 g/mol. The molecule has 0 aromatic heterocycles. The molecule has 0 N–H and O–H groups in total. The fourth-order valence-corrected chi connectivity index (χ4v) is 2.08. The van der Waals surface area contributed by atoms with Gasteiger partial charge in [0.05, 0.1) is 0 Å². The molecule has 0 nitrogen and oxygen atoms in total. The summed E-state index contributed by atoms with van der Waals surface area (Å²) in [5, 5.41) is 0. The van der Waals surface area contributed by atoms with E-state index in [4.69, 9.17) is 0 Å². The van der Waals surface area contributed by atoms with Gasteiger partial charge in [-0.3, -0.25) is 0 Å². The second kappa shape index (κ2) is 21.6. The zero-order valence-corrected chi connectivity index (χ0v) is 17.9. The second-order valence-corrected chi connectivity index (χ2v) is 6.00. The monoisotopic (exact) mass is 389 g/mol. The number of hydrogen-bond donors (Lipinski definition) is 0. The van der Waals surface area contributed by atoms with Crippen molar-refractivity contribution in [2.45, 2.75) is 72.1 Å². The Labute approximate surface area is 164 Å². The normalized spacial score (nSPS) is 9.22. The van der Waals surface area contributed by atoms with Gasteiger partial charge >= 0.3 is 26.2 Å². The molecule has 1 radical (unpaired) electrons.